The third-order valence-corrected chi connectivity index (χ3v) is 5.84. The Labute approximate surface area is 201 Å². The van der Waals surface area contributed by atoms with Crippen molar-refractivity contribution in [2.75, 3.05) is 10.6 Å². The quantitative estimate of drug-likeness (QED) is 0.259. The molecular weight excluding hydrogens is 508 g/mol. The molecule has 33 heavy (non-hydrogen) atoms. The predicted molar refractivity (Wildman–Crippen MR) is 132 cm³/mol. The molecule has 5 aromatic rings. The van der Waals surface area contributed by atoms with Crippen LogP contribution in [-0.4, -0.2) is 11.8 Å². The first kappa shape index (κ1) is 21.3. The van der Waals surface area contributed by atoms with E-state index in [2.05, 4.69) is 26.6 Å². The molecule has 0 spiro atoms. The number of benzene rings is 3. The number of amides is 2. The summed E-state index contributed by atoms with van der Waals surface area (Å²) in [6, 6.07) is 19.5. The molecule has 0 fully saturated rings. The largest absolute Gasteiger partial charge is 0.464 e. The lowest BCUT2D eigenvalue weighted by Gasteiger charge is -2.07. The van der Waals surface area contributed by atoms with Crippen molar-refractivity contribution < 1.29 is 18.4 Å². The summed E-state index contributed by atoms with van der Waals surface area (Å²) in [6.07, 6.45) is 1.63. The number of furan rings is 2. The van der Waals surface area contributed by atoms with Gasteiger partial charge in [-0.2, -0.15) is 0 Å². The van der Waals surface area contributed by atoms with Crippen molar-refractivity contribution in [2.24, 2.45) is 0 Å². The van der Waals surface area contributed by atoms with Crippen LogP contribution in [-0.2, 0) is 11.2 Å². The van der Waals surface area contributed by atoms with E-state index in [4.69, 9.17) is 20.4 Å². The molecule has 6 nitrogen and oxygen atoms in total. The van der Waals surface area contributed by atoms with Crippen molar-refractivity contribution in [3.63, 3.8) is 0 Å². The third-order valence-electron chi connectivity index (χ3n) is 5.12. The minimum atomic E-state index is -0.499. The molecule has 0 bridgehead atoms. The molecule has 0 saturated carbocycles. The zero-order valence-electron chi connectivity index (χ0n) is 17.0. The molecule has 5 rings (SSSR count). The van der Waals surface area contributed by atoms with Crippen LogP contribution >= 0.6 is 27.5 Å². The van der Waals surface area contributed by atoms with Crippen LogP contribution in [0, 0.1) is 0 Å². The number of fused-ring (bicyclic) bond motifs is 2. The Bertz CT molecular complexity index is 1520. The van der Waals surface area contributed by atoms with E-state index >= 15 is 0 Å². The number of rotatable bonds is 5. The lowest BCUT2D eigenvalue weighted by Crippen LogP contribution is -2.18. The molecule has 8 heteroatoms. The van der Waals surface area contributed by atoms with Gasteiger partial charge in [0.15, 0.2) is 0 Å². The Hall–Kier alpha value is -3.55. The second-order valence-corrected chi connectivity index (χ2v) is 8.75. The number of hydrogen-bond donors (Lipinski definition) is 2. The summed E-state index contributed by atoms with van der Waals surface area (Å²) in [5.74, 6) is -0.799. The maximum absolute atomic E-state index is 13.0. The van der Waals surface area contributed by atoms with Gasteiger partial charge in [-0.05, 0) is 48.5 Å². The Balaban J connectivity index is 1.45. The monoisotopic (exact) mass is 522 g/mol. The molecular formula is C25H16BrClN2O4. The van der Waals surface area contributed by atoms with Crippen LogP contribution in [0.4, 0.5) is 11.4 Å². The van der Waals surface area contributed by atoms with E-state index in [9.17, 15) is 9.59 Å². The van der Waals surface area contributed by atoms with Gasteiger partial charge in [-0.25, -0.2) is 0 Å². The second-order valence-electron chi connectivity index (χ2n) is 7.39. The Morgan fingerprint density at radius 2 is 1.76 bits per heavy atom. The van der Waals surface area contributed by atoms with Crippen molar-refractivity contribution in [1.82, 2.24) is 0 Å². The van der Waals surface area contributed by atoms with Crippen LogP contribution < -0.4 is 10.6 Å². The standard InChI is InChI=1S/C25H16BrClN2O4/c26-15-8-9-20-19(11-15)14(13-32-20)10-22(30)29-23-18-6-1-2-7-21(18)33-24(23)25(31)28-17-5-3-4-16(27)12-17/h1-9,11-13H,10H2,(H,28,31)(H,29,30). The van der Waals surface area contributed by atoms with Crippen LogP contribution in [0.3, 0.4) is 0 Å². The highest BCUT2D eigenvalue weighted by atomic mass is 79.9. The zero-order chi connectivity index (χ0) is 22.9. The smallest absolute Gasteiger partial charge is 0.293 e. The van der Waals surface area contributed by atoms with Gasteiger partial charge < -0.3 is 19.5 Å². The van der Waals surface area contributed by atoms with E-state index in [1.54, 1.807) is 48.7 Å². The van der Waals surface area contributed by atoms with Crippen LogP contribution in [0.1, 0.15) is 16.1 Å². The third kappa shape index (κ3) is 4.37. The van der Waals surface area contributed by atoms with Gasteiger partial charge in [-0.3, -0.25) is 9.59 Å². The first-order valence-corrected chi connectivity index (χ1v) is 11.2. The van der Waals surface area contributed by atoms with Gasteiger partial charge in [0.25, 0.3) is 5.91 Å². The van der Waals surface area contributed by atoms with Crippen molar-refractivity contribution in [3.05, 3.63) is 93.8 Å². The lowest BCUT2D eigenvalue weighted by atomic mass is 10.1. The average Bonchev–Trinajstić information content (AvgIpc) is 3.35. The second kappa shape index (κ2) is 8.77. The number of hydrogen-bond acceptors (Lipinski definition) is 4. The van der Waals surface area contributed by atoms with E-state index < -0.39 is 5.91 Å². The normalized spacial score (nSPS) is 11.1. The number of nitrogens with one attached hydrogen (secondary N) is 2. The van der Waals surface area contributed by atoms with Crippen molar-refractivity contribution >= 4 is 72.7 Å². The molecule has 0 atom stereocenters. The van der Waals surface area contributed by atoms with Gasteiger partial charge in [0.2, 0.25) is 11.7 Å². The molecule has 0 aliphatic carbocycles. The lowest BCUT2D eigenvalue weighted by molar-refractivity contribution is -0.115. The number of carbonyl (C=O) groups excluding carboxylic acids is 2. The minimum absolute atomic E-state index is 0.00400. The van der Waals surface area contributed by atoms with Gasteiger partial charge in [0.05, 0.1) is 12.7 Å². The number of carbonyl (C=O) groups is 2. The molecule has 3 aromatic carbocycles. The molecule has 2 aromatic heterocycles. The van der Waals surface area contributed by atoms with E-state index in [0.29, 0.717) is 32.9 Å². The highest BCUT2D eigenvalue weighted by Crippen LogP contribution is 2.32. The highest BCUT2D eigenvalue weighted by Gasteiger charge is 2.23. The number of halogens is 2. The molecule has 2 N–H and O–H groups in total. The van der Waals surface area contributed by atoms with Gasteiger partial charge >= 0.3 is 0 Å². The molecule has 164 valence electrons. The Morgan fingerprint density at radius 1 is 0.909 bits per heavy atom. The summed E-state index contributed by atoms with van der Waals surface area (Å²) in [6.45, 7) is 0. The molecule has 2 heterocycles. The van der Waals surface area contributed by atoms with Gasteiger partial charge in [-0.15, -0.1) is 0 Å². The fourth-order valence-electron chi connectivity index (χ4n) is 3.63. The molecule has 2 amide bonds. The molecule has 0 radical (unpaired) electrons. The predicted octanol–water partition coefficient (Wildman–Crippen LogP) is 7.03. The Kier molecular flexibility index (Phi) is 5.66. The van der Waals surface area contributed by atoms with Crippen LogP contribution in [0.5, 0.6) is 0 Å². The highest BCUT2D eigenvalue weighted by molar-refractivity contribution is 9.10. The Morgan fingerprint density at radius 3 is 2.61 bits per heavy atom. The molecule has 0 aliphatic heterocycles. The summed E-state index contributed by atoms with van der Waals surface area (Å²) in [5.41, 5.74) is 2.74. The minimum Gasteiger partial charge on any atom is -0.464 e. The summed E-state index contributed by atoms with van der Waals surface area (Å²) in [7, 11) is 0. The SMILES string of the molecule is O=C(Cc1coc2ccc(Br)cc12)Nc1c(C(=O)Nc2cccc(Cl)c2)oc2ccccc12. The number of para-hydroxylation sites is 1. The maximum atomic E-state index is 13.0. The van der Waals surface area contributed by atoms with Gasteiger partial charge in [-0.1, -0.05) is 45.7 Å². The molecule has 0 saturated heterocycles. The van der Waals surface area contributed by atoms with Gasteiger partial charge in [0.1, 0.15) is 16.9 Å². The van der Waals surface area contributed by atoms with Crippen molar-refractivity contribution in [3.8, 4) is 0 Å². The van der Waals surface area contributed by atoms with E-state index in [0.717, 1.165) is 15.4 Å². The van der Waals surface area contributed by atoms with Crippen LogP contribution in [0.25, 0.3) is 21.9 Å². The van der Waals surface area contributed by atoms with Crippen LogP contribution in [0.2, 0.25) is 5.02 Å². The summed E-state index contributed by atoms with van der Waals surface area (Å²) >= 11 is 9.46. The van der Waals surface area contributed by atoms with Crippen LogP contribution in [0.15, 0.2) is 86.3 Å². The van der Waals surface area contributed by atoms with Crippen molar-refractivity contribution in [1.29, 1.82) is 0 Å². The van der Waals surface area contributed by atoms with Crippen molar-refractivity contribution in [2.45, 2.75) is 6.42 Å². The summed E-state index contributed by atoms with van der Waals surface area (Å²) < 4.78 is 12.2. The fourth-order valence-corrected chi connectivity index (χ4v) is 4.18. The van der Waals surface area contributed by atoms with Gasteiger partial charge in [0, 0.05) is 31.5 Å². The zero-order valence-corrected chi connectivity index (χ0v) is 19.4. The van der Waals surface area contributed by atoms with E-state index in [1.165, 1.54) is 0 Å². The first-order valence-electron chi connectivity index (χ1n) is 10.0. The summed E-state index contributed by atoms with van der Waals surface area (Å²) in [4.78, 5) is 26.0. The average molecular weight is 524 g/mol. The van der Waals surface area contributed by atoms with E-state index in [1.807, 2.05) is 24.3 Å². The fraction of sp³-hybridized carbons (Fsp3) is 0.0400. The maximum Gasteiger partial charge on any atom is 0.293 e. The molecule has 0 unspecified atom stereocenters. The topological polar surface area (TPSA) is 84.5 Å². The van der Waals surface area contributed by atoms with E-state index in [-0.39, 0.29) is 18.1 Å². The first-order chi connectivity index (χ1) is 16.0. The number of anilines is 2. The summed E-state index contributed by atoms with van der Waals surface area (Å²) in [5, 5.41) is 7.58. The molecule has 0 aliphatic rings.